The van der Waals surface area contributed by atoms with Crippen molar-refractivity contribution >= 4 is 0 Å². The number of aromatic nitrogens is 2. The van der Waals surface area contributed by atoms with Gasteiger partial charge in [0.15, 0.2) is 0 Å². The molecule has 0 N–H and O–H groups in total. The van der Waals surface area contributed by atoms with Crippen LogP contribution < -0.4 is 0 Å². The first-order chi connectivity index (χ1) is 17.9. The van der Waals surface area contributed by atoms with Crippen molar-refractivity contribution in [2.45, 2.75) is 123 Å². The molecule has 2 nitrogen and oxygen atoms in total. The zero-order valence-electron chi connectivity index (χ0n) is 23.0. The van der Waals surface area contributed by atoms with Crippen LogP contribution in [0, 0.1) is 0 Å². The van der Waals surface area contributed by atoms with Crippen molar-refractivity contribution in [3.05, 3.63) is 78.1 Å². The molecule has 1 aromatic heterocycles. The molecule has 0 unspecified atom stereocenters. The Morgan fingerprint density at radius 1 is 0.556 bits per heavy atom. The maximum Gasteiger partial charge on any atom is 0.140 e. The van der Waals surface area contributed by atoms with E-state index in [1.54, 1.807) is 0 Å². The average Bonchev–Trinajstić information content (AvgIpc) is 3.33. The third-order valence-corrected chi connectivity index (χ3v) is 7.35. The smallest absolute Gasteiger partial charge is 0.140 e. The summed E-state index contributed by atoms with van der Waals surface area (Å²) >= 11 is 0. The van der Waals surface area contributed by atoms with Crippen LogP contribution >= 0.6 is 0 Å². The second-order valence-electron chi connectivity index (χ2n) is 10.6. The quantitative estimate of drug-likeness (QED) is 0.145. The van der Waals surface area contributed by atoms with Gasteiger partial charge in [0.05, 0.1) is 5.69 Å². The van der Waals surface area contributed by atoms with Gasteiger partial charge in [-0.3, -0.25) is 0 Å². The van der Waals surface area contributed by atoms with Crippen LogP contribution in [0.4, 0.5) is 0 Å². The van der Waals surface area contributed by atoms with Gasteiger partial charge in [-0.15, -0.1) is 0 Å². The van der Waals surface area contributed by atoms with Crippen molar-refractivity contribution in [3.63, 3.8) is 0 Å². The Labute approximate surface area is 221 Å². The van der Waals surface area contributed by atoms with E-state index in [1.807, 2.05) is 0 Å². The molecule has 0 aliphatic heterocycles. The van der Waals surface area contributed by atoms with Gasteiger partial charge in [-0.25, -0.2) is 4.98 Å². The summed E-state index contributed by atoms with van der Waals surface area (Å²) in [4.78, 5) is 5.06. The lowest BCUT2D eigenvalue weighted by atomic mass is 10.0. The van der Waals surface area contributed by atoms with E-state index in [4.69, 9.17) is 4.98 Å². The van der Waals surface area contributed by atoms with Gasteiger partial charge in [0.1, 0.15) is 5.82 Å². The van der Waals surface area contributed by atoms with Crippen molar-refractivity contribution in [2.75, 3.05) is 0 Å². The lowest BCUT2D eigenvalue weighted by molar-refractivity contribution is 0.525. The van der Waals surface area contributed by atoms with E-state index in [0.717, 1.165) is 31.6 Å². The molecule has 0 atom stereocenters. The molecule has 0 saturated heterocycles. The van der Waals surface area contributed by atoms with E-state index in [1.165, 1.54) is 107 Å². The van der Waals surface area contributed by atoms with Gasteiger partial charge in [-0.05, 0) is 31.2 Å². The van der Waals surface area contributed by atoms with E-state index < -0.39 is 0 Å². The molecule has 0 fully saturated rings. The van der Waals surface area contributed by atoms with Crippen LogP contribution in [0.3, 0.4) is 0 Å². The Morgan fingerprint density at radius 2 is 1.08 bits per heavy atom. The predicted molar refractivity (Wildman–Crippen MR) is 156 cm³/mol. The molecule has 0 spiro atoms. The SMILES string of the molecule is CCCCCCCCCCCCCCCCn1cc(CCCc2ccccc2)nc1-c1ccccc1. The molecule has 3 aromatic rings. The molecule has 0 radical (unpaired) electrons. The van der Waals surface area contributed by atoms with Crippen LogP contribution in [-0.2, 0) is 19.4 Å². The van der Waals surface area contributed by atoms with Crippen molar-refractivity contribution in [1.82, 2.24) is 9.55 Å². The number of aryl methyl sites for hydroxylation is 3. The number of unbranched alkanes of at least 4 members (excludes halogenated alkanes) is 13. The topological polar surface area (TPSA) is 17.8 Å². The molecule has 3 rings (SSSR count). The van der Waals surface area contributed by atoms with Crippen molar-refractivity contribution in [2.24, 2.45) is 0 Å². The van der Waals surface area contributed by atoms with Gasteiger partial charge in [0.2, 0.25) is 0 Å². The van der Waals surface area contributed by atoms with Crippen LogP contribution in [0.1, 0.15) is 114 Å². The number of hydrogen-bond acceptors (Lipinski definition) is 1. The summed E-state index contributed by atoms with van der Waals surface area (Å²) in [6, 6.07) is 21.5. The first-order valence-corrected chi connectivity index (χ1v) is 15.0. The molecule has 36 heavy (non-hydrogen) atoms. The highest BCUT2D eigenvalue weighted by molar-refractivity contribution is 5.55. The molecule has 1 heterocycles. The van der Waals surface area contributed by atoms with Crippen molar-refractivity contribution < 1.29 is 0 Å². The third kappa shape index (κ3) is 11.1. The van der Waals surface area contributed by atoms with Crippen LogP contribution in [0.25, 0.3) is 11.4 Å². The normalized spacial score (nSPS) is 11.2. The summed E-state index contributed by atoms with van der Waals surface area (Å²) < 4.78 is 2.41. The molecule has 2 heteroatoms. The van der Waals surface area contributed by atoms with E-state index in [9.17, 15) is 0 Å². The average molecular weight is 487 g/mol. The minimum atomic E-state index is 1.04. The van der Waals surface area contributed by atoms with E-state index in [2.05, 4.69) is 78.4 Å². The fourth-order valence-electron chi connectivity index (χ4n) is 5.17. The highest BCUT2D eigenvalue weighted by atomic mass is 15.1. The fraction of sp³-hybridized carbons (Fsp3) is 0.559. The summed E-state index contributed by atoms with van der Waals surface area (Å²) in [5, 5.41) is 0. The van der Waals surface area contributed by atoms with Gasteiger partial charge in [-0.2, -0.15) is 0 Å². The second kappa shape index (κ2) is 18.0. The van der Waals surface area contributed by atoms with Crippen LogP contribution in [0.15, 0.2) is 66.9 Å². The number of rotatable bonds is 20. The number of hydrogen-bond donors (Lipinski definition) is 0. The Kier molecular flexibility index (Phi) is 14.1. The molecule has 2 aromatic carbocycles. The summed E-state index contributed by atoms with van der Waals surface area (Å²) in [6.45, 7) is 3.37. The Morgan fingerprint density at radius 3 is 1.67 bits per heavy atom. The zero-order valence-corrected chi connectivity index (χ0v) is 23.0. The molecule has 0 saturated carbocycles. The predicted octanol–water partition coefficient (Wildman–Crippen LogP) is 10.2. The monoisotopic (exact) mass is 486 g/mol. The van der Waals surface area contributed by atoms with E-state index in [0.29, 0.717) is 0 Å². The summed E-state index contributed by atoms with van der Waals surface area (Å²) in [5.74, 6) is 1.14. The molecule has 0 amide bonds. The molecular formula is C34H50N2. The van der Waals surface area contributed by atoms with Gasteiger partial charge in [-0.1, -0.05) is 151 Å². The molecule has 0 aliphatic rings. The minimum absolute atomic E-state index is 1.04. The highest BCUT2D eigenvalue weighted by Crippen LogP contribution is 2.21. The molecule has 196 valence electrons. The Hall–Kier alpha value is -2.35. The molecular weight excluding hydrogens is 436 g/mol. The van der Waals surface area contributed by atoms with E-state index in [-0.39, 0.29) is 0 Å². The number of nitrogens with zero attached hydrogens (tertiary/aromatic N) is 2. The number of imidazole rings is 1. The summed E-state index contributed by atoms with van der Waals surface area (Å²) in [6.07, 6.45) is 25.3. The minimum Gasteiger partial charge on any atom is -0.331 e. The largest absolute Gasteiger partial charge is 0.331 e. The van der Waals surface area contributed by atoms with Crippen LogP contribution in [0.2, 0.25) is 0 Å². The maximum atomic E-state index is 5.06. The van der Waals surface area contributed by atoms with E-state index >= 15 is 0 Å². The van der Waals surface area contributed by atoms with Gasteiger partial charge in [0, 0.05) is 18.3 Å². The van der Waals surface area contributed by atoms with Gasteiger partial charge < -0.3 is 4.57 Å². The molecule has 0 bridgehead atoms. The van der Waals surface area contributed by atoms with Crippen molar-refractivity contribution in [3.8, 4) is 11.4 Å². The third-order valence-electron chi connectivity index (χ3n) is 7.35. The lowest BCUT2D eigenvalue weighted by Gasteiger charge is -2.08. The lowest BCUT2D eigenvalue weighted by Crippen LogP contribution is -1.99. The highest BCUT2D eigenvalue weighted by Gasteiger charge is 2.10. The fourth-order valence-corrected chi connectivity index (χ4v) is 5.17. The summed E-state index contributed by atoms with van der Waals surface area (Å²) in [5.41, 5.74) is 3.88. The standard InChI is InChI=1S/C34H50N2/c1-2-3-4-5-6-7-8-9-10-11-12-13-14-21-29-36-30-33(28-22-25-31-23-17-15-18-24-31)35-34(36)32-26-19-16-20-27-32/h15-20,23-24,26-27,30H,2-14,21-22,25,28-29H2,1H3. The second-order valence-corrected chi connectivity index (χ2v) is 10.6. The van der Waals surface area contributed by atoms with Gasteiger partial charge in [0.25, 0.3) is 0 Å². The molecule has 0 aliphatic carbocycles. The summed E-state index contributed by atoms with van der Waals surface area (Å²) in [7, 11) is 0. The first kappa shape index (κ1) is 28.2. The van der Waals surface area contributed by atoms with Crippen LogP contribution in [-0.4, -0.2) is 9.55 Å². The number of benzene rings is 2. The van der Waals surface area contributed by atoms with Crippen molar-refractivity contribution in [1.29, 1.82) is 0 Å². The Bertz CT molecular complexity index is 913. The Balaban J connectivity index is 1.33. The van der Waals surface area contributed by atoms with Gasteiger partial charge >= 0.3 is 0 Å². The van der Waals surface area contributed by atoms with Crippen LogP contribution in [0.5, 0.6) is 0 Å². The zero-order chi connectivity index (χ0) is 25.1. The maximum absolute atomic E-state index is 5.06. The first-order valence-electron chi connectivity index (χ1n) is 15.0.